The zero-order valence-corrected chi connectivity index (χ0v) is 12.3. The van der Waals surface area contributed by atoms with Gasteiger partial charge in [-0.15, -0.1) is 0 Å². The summed E-state index contributed by atoms with van der Waals surface area (Å²) in [5.74, 6) is 0. The Kier molecular flexibility index (Phi) is 4.70. The summed E-state index contributed by atoms with van der Waals surface area (Å²) in [5.41, 5.74) is 7.05. The Balaban J connectivity index is 1.61. The van der Waals surface area contributed by atoms with E-state index in [0.717, 1.165) is 32.7 Å². The van der Waals surface area contributed by atoms with Crippen LogP contribution in [0.4, 0.5) is 0 Å². The van der Waals surface area contributed by atoms with Gasteiger partial charge in [0.2, 0.25) is 0 Å². The first-order chi connectivity index (χ1) is 9.86. The number of hydrogen-bond acceptors (Lipinski definition) is 4. The zero-order valence-electron chi connectivity index (χ0n) is 12.3. The van der Waals surface area contributed by atoms with E-state index in [0.29, 0.717) is 12.1 Å². The molecule has 2 heterocycles. The van der Waals surface area contributed by atoms with Crippen LogP contribution in [0.3, 0.4) is 0 Å². The van der Waals surface area contributed by atoms with Crippen LogP contribution < -0.4 is 11.1 Å². The van der Waals surface area contributed by atoms with E-state index in [1.807, 2.05) is 0 Å². The molecule has 5 nitrogen and oxygen atoms in total. The predicted octanol–water partition coefficient (Wildman–Crippen LogP) is 1.12. The molecule has 2 fully saturated rings. The van der Waals surface area contributed by atoms with Crippen molar-refractivity contribution in [1.29, 1.82) is 0 Å². The minimum atomic E-state index is 0.448. The van der Waals surface area contributed by atoms with Gasteiger partial charge in [0.05, 0.1) is 11.7 Å². The summed E-state index contributed by atoms with van der Waals surface area (Å²) in [6.07, 6.45) is 8.86. The fourth-order valence-electron chi connectivity index (χ4n) is 3.46. The highest BCUT2D eigenvalue weighted by molar-refractivity contribution is 5.01. The van der Waals surface area contributed by atoms with Crippen molar-refractivity contribution in [2.45, 2.75) is 50.7 Å². The Morgan fingerprint density at radius 2 is 2.15 bits per heavy atom. The first-order valence-corrected chi connectivity index (χ1v) is 8.05. The lowest BCUT2D eigenvalue weighted by Gasteiger charge is -2.34. The molecule has 1 saturated carbocycles. The molecule has 1 unspecified atom stereocenters. The van der Waals surface area contributed by atoms with Crippen molar-refractivity contribution in [2.75, 3.05) is 26.2 Å². The molecule has 0 bridgehead atoms. The average Bonchev–Trinajstić information content (AvgIpc) is 2.97. The SMILES string of the molecule is NCC1CNCCN1Cc1ccn(C2CCCCC2)n1. The van der Waals surface area contributed by atoms with E-state index in [9.17, 15) is 0 Å². The highest BCUT2D eigenvalue weighted by atomic mass is 15.3. The molecule has 1 aromatic rings. The van der Waals surface area contributed by atoms with Gasteiger partial charge < -0.3 is 11.1 Å². The maximum atomic E-state index is 5.86. The van der Waals surface area contributed by atoms with Crippen LogP contribution in [0.2, 0.25) is 0 Å². The quantitative estimate of drug-likeness (QED) is 0.866. The van der Waals surface area contributed by atoms with Crippen LogP contribution in [-0.2, 0) is 6.54 Å². The number of nitrogens with zero attached hydrogens (tertiary/aromatic N) is 3. The van der Waals surface area contributed by atoms with Crippen LogP contribution in [0, 0.1) is 0 Å². The van der Waals surface area contributed by atoms with Gasteiger partial charge in [0, 0.05) is 45.0 Å². The third kappa shape index (κ3) is 3.22. The number of aromatic nitrogens is 2. The highest BCUT2D eigenvalue weighted by Gasteiger charge is 2.22. The second-order valence-corrected chi connectivity index (χ2v) is 6.14. The Hall–Kier alpha value is -0.910. The second-order valence-electron chi connectivity index (χ2n) is 6.14. The lowest BCUT2D eigenvalue weighted by atomic mass is 9.96. The summed E-state index contributed by atoms with van der Waals surface area (Å²) in [7, 11) is 0. The van der Waals surface area contributed by atoms with Crippen LogP contribution in [0.5, 0.6) is 0 Å². The lowest BCUT2D eigenvalue weighted by molar-refractivity contribution is 0.155. The van der Waals surface area contributed by atoms with Crippen LogP contribution in [0.15, 0.2) is 12.3 Å². The number of piperazine rings is 1. The first kappa shape index (κ1) is 14.0. The molecule has 0 radical (unpaired) electrons. The Morgan fingerprint density at radius 1 is 1.30 bits per heavy atom. The van der Waals surface area contributed by atoms with Crippen LogP contribution in [0.25, 0.3) is 0 Å². The number of rotatable bonds is 4. The van der Waals surface area contributed by atoms with Gasteiger partial charge in [-0.3, -0.25) is 9.58 Å². The largest absolute Gasteiger partial charge is 0.329 e. The summed E-state index contributed by atoms with van der Waals surface area (Å²) < 4.78 is 2.20. The highest BCUT2D eigenvalue weighted by Crippen LogP contribution is 2.27. The summed E-state index contributed by atoms with van der Waals surface area (Å²) in [6, 6.07) is 3.26. The number of nitrogens with two attached hydrogens (primary N) is 1. The van der Waals surface area contributed by atoms with E-state index in [-0.39, 0.29) is 0 Å². The molecule has 1 aromatic heterocycles. The molecule has 0 aromatic carbocycles. The van der Waals surface area contributed by atoms with E-state index in [1.165, 1.54) is 37.8 Å². The maximum absolute atomic E-state index is 5.86. The van der Waals surface area contributed by atoms with Gasteiger partial charge in [0.1, 0.15) is 0 Å². The zero-order chi connectivity index (χ0) is 13.8. The van der Waals surface area contributed by atoms with Gasteiger partial charge in [-0.2, -0.15) is 5.10 Å². The van der Waals surface area contributed by atoms with Crippen molar-refractivity contribution in [1.82, 2.24) is 20.0 Å². The molecule has 5 heteroatoms. The minimum Gasteiger partial charge on any atom is -0.329 e. The maximum Gasteiger partial charge on any atom is 0.0765 e. The van der Waals surface area contributed by atoms with Gasteiger partial charge >= 0.3 is 0 Å². The fourth-order valence-corrected chi connectivity index (χ4v) is 3.46. The standard InChI is InChI=1S/C15H27N5/c16-10-15-11-17-7-9-19(15)12-13-6-8-20(18-13)14-4-2-1-3-5-14/h6,8,14-15,17H,1-5,7,9-12,16H2. The molecule has 1 atom stereocenters. The molecule has 0 spiro atoms. The molecule has 1 saturated heterocycles. The van der Waals surface area contributed by atoms with Crippen molar-refractivity contribution in [3.63, 3.8) is 0 Å². The Morgan fingerprint density at radius 3 is 2.95 bits per heavy atom. The summed E-state index contributed by atoms with van der Waals surface area (Å²) in [5, 5.41) is 8.22. The van der Waals surface area contributed by atoms with Gasteiger partial charge in [-0.05, 0) is 18.9 Å². The Bertz CT molecular complexity index is 410. The number of nitrogens with one attached hydrogen (secondary N) is 1. The van der Waals surface area contributed by atoms with Gasteiger partial charge in [0.15, 0.2) is 0 Å². The van der Waals surface area contributed by atoms with E-state index in [1.54, 1.807) is 0 Å². The third-order valence-corrected chi connectivity index (χ3v) is 4.72. The molecular formula is C15H27N5. The van der Waals surface area contributed by atoms with E-state index in [4.69, 9.17) is 10.8 Å². The first-order valence-electron chi connectivity index (χ1n) is 8.05. The monoisotopic (exact) mass is 277 g/mol. The summed E-state index contributed by atoms with van der Waals surface area (Å²) in [4.78, 5) is 2.46. The smallest absolute Gasteiger partial charge is 0.0765 e. The van der Waals surface area contributed by atoms with Crippen LogP contribution in [0.1, 0.15) is 43.8 Å². The normalized spacial score (nSPS) is 25.9. The lowest BCUT2D eigenvalue weighted by Crippen LogP contribution is -2.53. The summed E-state index contributed by atoms with van der Waals surface area (Å²) in [6.45, 7) is 4.78. The van der Waals surface area contributed by atoms with Gasteiger partial charge in [-0.1, -0.05) is 19.3 Å². The molecule has 3 N–H and O–H groups in total. The van der Waals surface area contributed by atoms with Gasteiger partial charge in [-0.25, -0.2) is 0 Å². The van der Waals surface area contributed by atoms with Crippen molar-refractivity contribution in [2.24, 2.45) is 5.73 Å². The Labute approximate surface area is 121 Å². The molecule has 1 aliphatic carbocycles. The topological polar surface area (TPSA) is 59.1 Å². The molecule has 1 aliphatic heterocycles. The molecule has 112 valence electrons. The van der Waals surface area contributed by atoms with Crippen molar-refractivity contribution in [3.05, 3.63) is 18.0 Å². The summed E-state index contributed by atoms with van der Waals surface area (Å²) >= 11 is 0. The number of hydrogen-bond donors (Lipinski definition) is 2. The van der Waals surface area contributed by atoms with Crippen LogP contribution >= 0.6 is 0 Å². The molecule has 3 rings (SSSR count). The van der Waals surface area contributed by atoms with Gasteiger partial charge in [0.25, 0.3) is 0 Å². The fraction of sp³-hybridized carbons (Fsp3) is 0.800. The van der Waals surface area contributed by atoms with E-state index in [2.05, 4.69) is 27.2 Å². The molecule has 20 heavy (non-hydrogen) atoms. The van der Waals surface area contributed by atoms with Crippen LogP contribution in [-0.4, -0.2) is 46.9 Å². The molecule has 2 aliphatic rings. The third-order valence-electron chi connectivity index (χ3n) is 4.72. The second kappa shape index (κ2) is 6.70. The van der Waals surface area contributed by atoms with Crippen molar-refractivity contribution >= 4 is 0 Å². The minimum absolute atomic E-state index is 0.448. The molecular weight excluding hydrogens is 250 g/mol. The van der Waals surface area contributed by atoms with Crippen molar-refractivity contribution < 1.29 is 0 Å². The van der Waals surface area contributed by atoms with E-state index < -0.39 is 0 Å². The van der Waals surface area contributed by atoms with E-state index >= 15 is 0 Å². The average molecular weight is 277 g/mol. The predicted molar refractivity (Wildman–Crippen MR) is 80.5 cm³/mol. The van der Waals surface area contributed by atoms with Crippen molar-refractivity contribution in [3.8, 4) is 0 Å². The molecule has 0 amide bonds.